The van der Waals surface area contributed by atoms with Crippen molar-refractivity contribution in [3.63, 3.8) is 0 Å². The second-order valence-electron chi connectivity index (χ2n) is 10.7. The van der Waals surface area contributed by atoms with Gasteiger partial charge in [0, 0.05) is 48.9 Å². The molecular weight excluding hydrogens is 548 g/mol. The van der Waals surface area contributed by atoms with E-state index in [9.17, 15) is 23.5 Å². The number of aliphatic hydroxyl groups excluding tert-OH is 1. The second-order valence-corrected chi connectivity index (χ2v) is 10.7. The Bertz CT molecular complexity index is 1410. The average molecular weight is 590 g/mol. The van der Waals surface area contributed by atoms with Crippen molar-refractivity contribution in [2.24, 2.45) is 0 Å². The van der Waals surface area contributed by atoms with Crippen LogP contribution in [0.1, 0.15) is 76.6 Å². The predicted molar refractivity (Wildman–Crippen MR) is 166 cm³/mol. The first-order valence-electron chi connectivity index (χ1n) is 14.8. The molecule has 2 amide bonds. The first-order valence-corrected chi connectivity index (χ1v) is 14.8. The number of halogens is 2. The average Bonchev–Trinajstić information content (AvgIpc) is 2.99. The Hall–Kier alpha value is -4.06. The Morgan fingerprint density at radius 3 is 2.19 bits per heavy atom. The third-order valence-electron chi connectivity index (χ3n) is 7.12. The minimum atomic E-state index is -1.11. The number of carbonyl (C=O) groups excluding carboxylic acids is 2. The van der Waals surface area contributed by atoms with Crippen molar-refractivity contribution >= 4 is 11.8 Å². The van der Waals surface area contributed by atoms with Crippen LogP contribution >= 0.6 is 0 Å². The molecule has 0 bridgehead atoms. The summed E-state index contributed by atoms with van der Waals surface area (Å²) in [4.78, 5) is 28.5. The molecule has 43 heavy (non-hydrogen) atoms. The molecule has 3 rings (SSSR count). The number of amides is 2. The maximum absolute atomic E-state index is 14.0. The van der Waals surface area contributed by atoms with E-state index in [0.29, 0.717) is 30.8 Å². The number of nitrogens with zero attached hydrogens (tertiary/aromatic N) is 1. The van der Waals surface area contributed by atoms with E-state index in [2.05, 4.69) is 29.5 Å². The molecule has 0 aromatic heterocycles. The highest BCUT2D eigenvalue weighted by atomic mass is 19.1. The molecule has 0 saturated carbocycles. The van der Waals surface area contributed by atoms with Crippen LogP contribution in [-0.4, -0.2) is 53.6 Å². The largest absolute Gasteiger partial charge is 0.390 e. The van der Waals surface area contributed by atoms with Crippen molar-refractivity contribution in [1.29, 1.82) is 0 Å². The van der Waals surface area contributed by atoms with Crippen molar-refractivity contribution in [3.8, 4) is 12.3 Å². The van der Waals surface area contributed by atoms with Gasteiger partial charge in [-0.1, -0.05) is 51.0 Å². The monoisotopic (exact) mass is 589 g/mol. The summed E-state index contributed by atoms with van der Waals surface area (Å²) < 4.78 is 28.0. The molecule has 228 valence electrons. The highest BCUT2D eigenvalue weighted by molar-refractivity contribution is 6.00. The molecule has 0 fully saturated rings. The van der Waals surface area contributed by atoms with Crippen LogP contribution in [0, 0.1) is 24.0 Å². The summed E-state index contributed by atoms with van der Waals surface area (Å²) >= 11 is 0. The Morgan fingerprint density at radius 2 is 1.56 bits per heavy atom. The molecular formula is C35H41F2N3O3. The lowest BCUT2D eigenvalue weighted by molar-refractivity contribution is 0.0755. The zero-order chi connectivity index (χ0) is 31.4. The molecule has 0 spiro atoms. The molecule has 8 heteroatoms. The fourth-order valence-electron chi connectivity index (χ4n) is 4.99. The van der Waals surface area contributed by atoms with Gasteiger partial charge in [-0.2, -0.15) is 0 Å². The molecule has 0 aliphatic carbocycles. The van der Waals surface area contributed by atoms with Crippen molar-refractivity contribution < 1.29 is 23.5 Å². The van der Waals surface area contributed by atoms with E-state index in [1.807, 2.05) is 32.0 Å². The second kappa shape index (κ2) is 16.5. The minimum Gasteiger partial charge on any atom is -0.390 e. The van der Waals surface area contributed by atoms with Crippen LogP contribution < -0.4 is 10.6 Å². The molecule has 0 unspecified atom stereocenters. The van der Waals surface area contributed by atoms with Gasteiger partial charge in [0.25, 0.3) is 11.8 Å². The Labute approximate surface area is 253 Å². The smallest absolute Gasteiger partial charge is 0.253 e. The Morgan fingerprint density at radius 1 is 0.907 bits per heavy atom. The van der Waals surface area contributed by atoms with Gasteiger partial charge in [0.1, 0.15) is 11.6 Å². The molecule has 0 aliphatic rings. The van der Waals surface area contributed by atoms with Crippen molar-refractivity contribution in [3.05, 3.63) is 106 Å². The molecule has 3 aromatic carbocycles. The van der Waals surface area contributed by atoms with Crippen LogP contribution in [0.25, 0.3) is 0 Å². The number of aryl methyl sites for hydroxylation is 1. The molecule has 3 aromatic rings. The van der Waals surface area contributed by atoms with E-state index in [1.165, 1.54) is 29.8 Å². The molecule has 0 aliphatic heterocycles. The summed E-state index contributed by atoms with van der Waals surface area (Å²) in [5.41, 5.74) is 3.33. The van der Waals surface area contributed by atoms with E-state index < -0.39 is 29.7 Å². The molecule has 0 heterocycles. The lowest BCUT2D eigenvalue weighted by atomic mass is 9.99. The summed E-state index contributed by atoms with van der Waals surface area (Å²) in [5.74, 6) is 0.208. The van der Waals surface area contributed by atoms with Gasteiger partial charge in [0.15, 0.2) is 0 Å². The van der Waals surface area contributed by atoms with E-state index in [-0.39, 0.29) is 30.0 Å². The summed E-state index contributed by atoms with van der Waals surface area (Å²) in [7, 11) is 0. The molecule has 2 atom stereocenters. The predicted octanol–water partition coefficient (Wildman–Crippen LogP) is 5.26. The fraction of sp³-hybridized carbons (Fsp3) is 0.371. The van der Waals surface area contributed by atoms with Gasteiger partial charge in [-0.25, -0.2) is 8.78 Å². The minimum absolute atomic E-state index is 0.0318. The number of hydrogen-bond acceptors (Lipinski definition) is 4. The van der Waals surface area contributed by atoms with Crippen molar-refractivity contribution in [1.82, 2.24) is 15.5 Å². The Kier molecular flexibility index (Phi) is 12.9. The molecule has 6 nitrogen and oxygen atoms in total. The lowest BCUT2D eigenvalue weighted by Crippen LogP contribution is -2.48. The molecule has 0 saturated heterocycles. The number of hydrogen-bond donors (Lipinski definition) is 3. The zero-order valence-electron chi connectivity index (χ0n) is 25.1. The van der Waals surface area contributed by atoms with E-state index in [0.717, 1.165) is 30.9 Å². The van der Waals surface area contributed by atoms with Crippen LogP contribution in [0.2, 0.25) is 0 Å². The van der Waals surface area contributed by atoms with Crippen molar-refractivity contribution in [2.75, 3.05) is 19.6 Å². The summed E-state index contributed by atoms with van der Waals surface area (Å²) in [6.45, 7) is 7.78. The van der Waals surface area contributed by atoms with Gasteiger partial charge in [-0.05, 0) is 72.7 Å². The summed E-state index contributed by atoms with van der Waals surface area (Å²) in [5, 5.41) is 17.2. The first kappa shape index (κ1) is 33.4. The third kappa shape index (κ3) is 10.0. The molecule has 3 N–H and O–H groups in total. The Balaban J connectivity index is 1.84. The highest BCUT2D eigenvalue weighted by Gasteiger charge is 2.24. The number of carbonyl (C=O) groups is 2. The number of benzene rings is 3. The number of nitrogens with one attached hydrogen (secondary N) is 2. The van der Waals surface area contributed by atoms with Crippen LogP contribution in [0.4, 0.5) is 8.78 Å². The first-order chi connectivity index (χ1) is 20.7. The molecule has 0 radical (unpaired) electrons. The van der Waals surface area contributed by atoms with Crippen LogP contribution in [0.5, 0.6) is 0 Å². The van der Waals surface area contributed by atoms with E-state index >= 15 is 0 Å². The quantitative estimate of drug-likeness (QED) is 0.211. The lowest BCUT2D eigenvalue weighted by Gasteiger charge is -2.25. The van der Waals surface area contributed by atoms with Gasteiger partial charge in [-0.3, -0.25) is 9.59 Å². The van der Waals surface area contributed by atoms with Gasteiger partial charge in [0.2, 0.25) is 0 Å². The maximum atomic E-state index is 14.0. The number of terminal acetylenes is 1. The van der Waals surface area contributed by atoms with Crippen LogP contribution in [0.15, 0.2) is 60.7 Å². The summed E-state index contributed by atoms with van der Waals surface area (Å²) in [6, 6.07) is 14.8. The van der Waals surface area contributed by atoms with Gasteiger partial charge in [0.05, 0.1) is 12.1 Å². The van der Waals surface area contributed by atoms with Crippen LogP contribution in [-0.2, 0) is 19.4 Å². The van der Waals surface area contributed by atoms with E-state index in [1.54, 1.807) is 11.0 Å². The fourth-order valence-corrected chi connectivity index (χ4v) is 4.99. The maximum Gasteiger partial charge on any atom is 0.253 e. The highest BCUT2D eigenvalue weighted by Crippen LogP contribution is 2.16. The van der Waals surface area contributed by atoms with Crippen molar-refractivity contribution in [2.45, 2.75) is 65.1 Å². The van der Waals surface area contributed by atoms with Gasteiger partial charge >= 0.3 is 0 Å². The summed E-state index contributed by atoms with van der Waals surface area (Å²) in [6.07, 6.45) is 6.99. The number of aliphatic hydroxyl groups is 1. The number of rotatable bonds is 15. The van der Waals surface area contributed by atoms with Gasteiger partial charge < -0.3 is 20.6 Å². The van der Waals surface area contributed by atoms with Crippen LogP contribution in [0.3, 0.4) is 0 Å². The van der Waals surface area contributed by atoms with Gasteiger partial charge in [-0.15, -0.1) is 6.42 Å². The zero-order valence-corrected chi connectivity index (χ0v) is 25.1. The SMILES string of the molecule is C#Cc1cc(C(=O)N[C@@H](Cc2cc(F)cc(F)c2)[C@H](O)CNCc2cccc(CC)c2)cc(C(=O)N(CCC)CCC)c1. The topological polar surface area (TPSA) is 81.7 Å². The standard InChI is InChI=1S/C35H41F2N3O3/c1-5-12-40(13-6-2)35(43)29-16-25(8-4)15-28(20-29)34(42)39-32(19-27-17-30(36)21-31(37)18-27)33(41)23-38-22-26-11-9-10-24(7-3)14-26/h4,9-11,14-18,20-21,32-33,38,41H,5-7,12-13,19,22-23H2,1-3H3,(H,39,42)/t32-,33+/m0/s1. The normalized spacial score (nSPS) is 12.3. The van der Waals surface area contributed by atoms with E-state index in [4.69, 9.17) is 6.42 Å². The third-order valence-corrected chi connectivity index (χ3v) is 7.12.